The third-order valence-corrected chi connectivity index (χ3v) is 3.58. The molecule has 4 nitrogen and oxygen atoms in total. The molecule has 0 aliphatic rings. The number of thiophene rings is 1. The topological polar surface area (TPSA) is 67.5 Å². The Morgan fingerprint density at radius 2 is 2.19 bits per heavy atom. The first kappa shape index (κ1) is 15.6. The fraction of sp³-hybridized carbons (Fsp3) is 0.333. The van der Waals surface area contributed by atoms with E-state index < -0.39 is 11.9 Å². The van der Waals surface area contributed by atoms with E-state index in [-0.39, 0.29) is 24.1 Å². The normalized spacial score (nSPS) is 12.4. The van der Waals surface area contributed by atoms with Gasteiger partial charge in [-0.2, -0.15) is 11.3 Å². The molecule has 0 aliphatic carbocycles. The van der Waals surface area contributed by atoms with Crippen molar-refractivity contribution in [1.82, 2.24) is 0 Å². The van der Waals surface area contributed by atoms with Gasteiger partial charge in [0, 0.05) is 18.7 Å². The van der Waals surface area contributed by atoms with E-state index in [2.05, 4.69) is 5.32 Å². The zero-order valence-electron chi connectivity index (χ0n) is 12.0. The van der Waals surface area contributed by atoms with Crippen LogP contribution in [0.15, 0.2) is 29.0 Å². The highest BCUT2D eigenvalue weighted by Gasteiger charge is 2.13. The molecular formula is C15H19FN2O2S. The van der Waals surface area contributed by atoms with Crippen molar-refractivity contribution in [2.24, 2.45) is 0 Å². The van der Waals surface area contributed by atoms with Crippen LogP contribution in [-0.4, -0.2) is 17.8 Å². The first-order chi connectivity index (χ1) is 9.97. The number of aliphatic hydroxyl groups is 1. The van der Waals surface area contributed by atoms with Gasteiger partial charge in [0.2, 0.25) is 0 Å². The smallest absolute Gasteiger partial charge is 0.167 e. The standard InChI is InChI=1S/C15H19FN2O2S/c1-9(2)20-15-6-13(12(17)5-11(15)16)18-7-14(19)10-3-4-21-8-10/h3-6,8-9,14,18-19H,7,17H2,1-2H3. The average Bonchev–Trinajstić information content (AvgIpc) is 2.93. The molecular weight excluding hydrogens is 291 g/mol. The third-order valence-electron chi connectivity index (χ3n) is 2.88. The highest BCUT2D eigenvalue weighted by molar-refractivity contribution is 7.07. The van der Waals surface area contributed by atoms with E-state index in [0.717, 1.165) is 5.56 Å². The monoisotopic (exact) mass is 310 g/mol. The van der Waals surface area contributed by atoms with Crippen LogP contribution in [0.5, 0.6) is 5.75 Å². The van der Waals surface area contributed by atoms with Crippen molar-refractivity contribution in [1.29, 1.82) is 0 Å². The van der Waals surface area contributed by atoms with Crippen LogP contribution in [0, 0.1) is 5.82 Å². The van der Waals surface area contributed by atoms with E-state index >= 15 is 0 Å². The largest absolute Gasteiger partial charge is 0.488 e. The van der Waals surface area contributed by atoms with Crippen molar-refractivity contribution >= 4 is 22.7 Å². The molecule has 0 fully saturated rings. The number of hydrogen-bond acceptors (Lipinski definition) is 5. The molecule has 114 valence electrons. The summed E-state index contributed by atoms with van der Waals surface area (Å²) in [5, 5.41) is 16.8. The number of nitrogen functional groups attached to an aromatic ring is 1. The molecule has 1 unspecified atom stereocenters. The first-order valence-corrected chi connectivity index (χ1v) is 7.61. The summed E-state index contributed by atoms with van der Waals surface area (Å²) in [6.07, 6.45) is -0.775. The molecule has 21 heavy (non-hydrogen) atoms. The number of nitrogens with two attached hydrogens (primary N) is 1. The second-order valence-electron chi connectivity index (χ2n) is 4.99. The summed E-state index contributed by atoms with van der Waals surface area (Å²) in [5.74, 6) is -0.350. The van der Waals surface area contributed by atoms with Crippen LogP contribution < -0.4 is 15.8 Å². The number of hydrogen-bond donors (Lipinski definition) is 3. The Kier molecular flexibility index (Phi) is 5.03. The van der Waals surface area contributed by atoms with Crippen LogP contribution in [-0.2, 0) is 0 Å². The number of benzene rings is 1. The summed E-state index contributed by atoms with van der Waals surface area (Å²) in [7, 11) is 0. The molecule has 6 heteroatoms. The van der Waals surface area contributed by atoms with Gasteiger partial charge in [-0.1, -0.05) is 0 Å². The predicted octanol–water partition coefficient (Wildman–Crippen LogP) is 3.40. The average molecular weight is 310 g/mol. The zero-order valence-corrected chi connectivity index (χ0v) is 12.8. The molecule has 0 saturated carbocycles. The molecule has 2 aromatic rings. The van der Waals surface area contributed by atoms with Crippen LogP contribution in [0.25, 0.3) is 0 Å². The van der Waals surface area contributed by atoms with E-state index in [1.807, 2.05) is 30.7 Å². The molecule has 1 atom stereocenters. The van der Waals surface area contributed by atoms with E-state index in [4.69, 9.17) is 10.5 Å². The summed E-state index contributed by atoms with van der Waals surface area (Å²) in [6.45, 7) is 3.93. The minimum atomic E-state index is -0.643. The van der Waals surface area contributed by atoms with Crippen LogP contribution >= 0.6 is 11.3 Å². The van der Waals surface area contributed by atoms with Gasteiger partial charge in [0.1, 0.15) is 0 Å². The number of anilines is 2. The van der Waals surface area contributed by atoms with Gasteiger partial charge in [-0.25, -0.2) is 4.39 Å². The Bertz CT molecular complexity index is 588. The Morgan fingerprint density at radius 1 is 1.43 bits per heavy atom. The van der Waals surface area contributed by atoms with Gasteiger partial charge >= 0.3 is 0 Å². The molecule has 4 N–H and O–H groups in total. The van der Waals surface area contributed by atoms with E-state index in [0.29, 0.717) is 5.69 Å². The van der Waals surface area contributed by atoms with Gasteiger partial charge in [-0.3, -0.25) is 0 Å². The third kappa shape index (κ3) is 4.09. The highest BCUT2D eigenvalue weighted by atomic mass is 32.1. The maximum absolute atomic E-state index is 13.7. The summed E-state index contributed by atoms with van der Waals surface area (Å²) in [6, 6.07) is 4.60. The van der Waals surface area contributed by atoms with E-state index in [1.54, 1.807) is 0 Å². The van der Waals surface area contributed by atoms with E-state index in [9.17, 15) is 9.50 Å². The molecule has 1 aromatic heterocycles. The lowest BCUT2D eigenvalue weighted by Crippen LogP contribution is -2.13. The number of rotatable bonds is 6. The summed E-state index contributed by atoms with van der Waals surface area (Å²) in [4.78, 5) is 0. The van der Waals surface area contributed by atoms with Gasteiger partial charge in [0.05, 0.1) is 23.6 Å². The summed E-state index contributed by atoms with van der Waals surface area (Å²) >= 11 is 1.52. The molecule has 0 bridgehead atoms. The number of nitrogens with one attached hydrogen (secondary N) is 1. The lowest BCUT2D eigenvalue weighted by atomic mass is 10.2. The molecule has 0 spiro atoms. The number of aliphatic hydroxyl groups excluding tert-OH is 1. The summed E-state index contributed by atoms with van der Waals surface area (Å²) in [5.41, 5.74) is 7.45. The minimum absolute atomic E-state index is 0.132. The first-order valence-electron chi connectivity index (χ1n) is 6.67. The highest BCUT2D eigenvalue weighted by Crippen LogP contribution is 2.29. The van der Waals surface area contributed by atoms with Gasteiger partial charge in [0.15, 0.2) is 11.6 Å². The van der Waals surface area contributed by atoms with Crippen LogP contribution in [0.4, 0.5) is 15.8 Å². The number of ether oxygens (including phenoxy) is 1. The Morgan fingerprint density at radius 3 is 2.81 bits per heavy atom. The van der Waals surface area contributed by atoms with Gasteiger partial charge in [-0.15, -0.1) is 0 Å². The molecule has 0 saturated heterocycles. The fourth-order valence-electron chi connectivity index (χ4n) is 1.86. The van der Waals surface area contributed by atoms with Gasteiger partial charge in [-0.05, 0) is 36.2 Å². The Labute approximate surface area is 127 Å². The van der Waals surface area contributed by atoms with Crippen LogP contribution in [0.1, 0.15) is 25.5 Å². The minimum Gasteiger partial charge on any atom is -0.488 e. The van der Waals surface area contributed by atoms with Crippen molar-refractivity contribution in [3.63, 3.8) is 0 Å². The molecule has 0 amide bonds. The fourth-order valence-corrected chi connectivity index (χ4v) is 2.56. The molecule has 0 radical (unpaired) electrons. The molecule has 1 heterocycles. The zero-order chi connectivity index (χ0) is 15.4. The van der Waals surface area contributed by atoms with Crippen LogP contribution in [0.2, 0.25) is 0 Å². The van der Waals surface area contributed by atoms with Crippen molar-refractivity contribution < 1.29 is 14.2 Å². The van der Waals surface area contributed by atoms with Gasteiger partial charge < -0.3 is 20.9 Å². The molecule has 1 aromatic carbocycles. The second kappa shape index (κ2) is 6.78. The lowest BCUT2D eigenvalue weighted by molar-refractivity contribution is 0.192. The molecule has 0 aliphatic heterocycles. The SMILES string of the molecule is CC(C)Oc1cc(NCC(O)c2ccsc2)c(N)cc1F. The second-order valence-corrected chi connectivity index (χ2v) is 5.77. The number of halogens is 1. The van der Waals surface area contributed by atoms with Crippen molar-refractivity contribution in [3.8, 4) is 5.75 Å². The maximum Gasteiger partial charge on any atom is 0.167 e. The van der Waals surface area contributed by atoms with Crippen molar-refractivity contribution in [2.75, 3.05) is 17.6 Å². The lowest BCUT2D eigenvalue weighted by Gasteiger charge is -2.16. The maximum atomic E-state index is 13.7. The van der Waals surface area contributed by atoms with Crippen molar-refractivity contribution in [2.45, 2.75) is 26.1 Å². The quantitative estimate of drug-likeness (QED) is 0.715. The summed E-state index contributed by atoms with van der Waals surface area (Å²) < 4.78 is 19.1. The van der Waals surface area contributed by atoms with Crippen LogP contribution in [0.3, 0.4) is 0 Å². The predicted molar refractivity (Wildman–Crippen MR) is 84.3 cm³/mol. The molecule has 2 rings (SSSR count). The Hall–Kier alpha value is -1.79. The van der Waals surface area contributed by atoms with Crippen molar-refractivity contribution in [3.05, 3.63) is 40.3 Å². The Balaban J connectivity index is 2.08. The van der Waals surface area contributed by atoms with Gasteiger partial charge in [0.25, 0.3) is 0 Å². The van der Waals surface area contributed by atoms with E-state index in [1.165, 1.54) is 23.5 Å².